The molecule has 3 aromatic rings. The fourth-order valence-electron chi connectivity index (χ4n) is 2.93. The fraction of sp³-hybridized carbons (Fsp3) is 0.200. The Balaban J connectivity index is 1.94. The molecule has 6 nitrogen and oxygen atoms in total. The van der Waals surface area contributed by atoms with Gasteiger partial charge in [0.2, 0.25) is 0 Å². The van der Waals surface area contributed by atoms with Crippen molar-refractivity contribution in [1.29, 1.82) is 0 Å². The van der Waals surface area contributed by atoms with Gasteiger partial charge in [-0.1, -0.05) is 18.2 Å². The van der Waals surface area contributed by atoms with E-state index in [-0.39, 0.29) is 17.5 Å². The van der Waals surface area contributed by atoms with E-state index in [1.54, 1.807) is 50.6 Å². The van der Waals surface area contributed by atoms with Crippen molar-refractivity contribution >= 4 is 16.7 Å². The summed E-state index contributed by atoms with van der Waals surface area (Å²) in [5, 5.41) is 4.04. The summed E-state index contributed by atoms with van der Waals surface area (Å²) in [5.41, 5.74) is 0.988. The molecular formula is C20H20N2O4. The number of aromatic nitrogens is 1. The Hall–Kier alpha value is -3.28. The molecule has 1 aromatic heterocycles. The first-order valence-electron chi connectivity index (χ1n) is 8.18. The van der Waals surface area contributed by atoms with E-state index in [2.05, 4.69) is 10.3 Å². The van der Waals surface area contributed by atoms with Gasteiger partial charge in [0, 0.05) is 22.5 Å². The van der Waals surface area contributed by atoms with Crippen molar-refractivity contribution in [3.8, 4) is 11.5 Å². The van der Waals surface area contributed by atoms with Crippen molar-refractivity contribution in [2.24, 2.45) is 0 Å². The van der Waals surface area contributed by atoms with Crippen LogP contribution < -0.4 is 20.3 Å². The van der Waals surface area contributed by atoms with Gasteiger partial charge in [0.1, 0.15) is 11.5 Å². The molecular weight excluding hydrogens is 332 g/mol. The highest BCUT2D eigenvalue weighted by Crippen LogP contribution is 2.29. The zero-order valence-corrected chi connectivity index (χ0v) is 14.8. The van der Waals surface area contributed by atoms with Crippen molar-refractivity contribution in [3.05, 3.63) is 70.1 Å². The van der Waals surface area contributed by atoms with E-state index < -0.39 is 0 Å². The van der Waals surface area contributed by atoms with Crippen LogP contribution in [0.1, 0.15) is 28.9 Å². The lowest BCUT2D eigenvalue weighted by Gasteiger charge is -2.18. The van der Waals surface area contributed by atoms with Crippen LogP contribution in [-0.4, -0.2) is 25.1 Å². The maximum Gasteiger partial charge on any atom is 0.255 e. The number of ether oxygens (including phenoxy) is 2. The number of rotatable bonds is 5. The third-order valence-electron chi connectivity index (χ3n) is 4.31. The molecule has 0 aliphatic rings. The Kier molecular flexibility index (Phi) is 4.93. The van der Waals surface area contributed by atoms with Gasteiger partial charge in [0.15, 0.2) is 0 Å². The Morgan fingerprint density at radius 3 is 2.50 bits per heavy atom. The quantitative estimate of drug-likeness (QED) is 0.740. The van der Waals surface area contributed by atoms with Crippen molar-refractivity contribution in [1.82, 2.24) is 10.3 Å². The highest BCUT2D eigenvalue weighted by Gasteiger charge is 2.18. The maximum atomic E-state index is 12.8. The van der Waals surface area contributed by atoms with Gasteiger partial charge in [-0.3, -0.25) is 9.59 Å². The largest absolute Gasteiger partial charge is 0.497 e. The van der Waals surface area contributed by atoms with Crippen LogP contribution in [-0.2, 0) is 0 Å². The summed E-state index contributed by atoms with van der Waals surface area (Å²) in [6.07, 6.45) is 1.44. The van der Waals surface area contributed by atoms with Crippen molar-refractivity contribution in [2.45, 2.75) is 13.0 Å². The number of benzene rings is 2. The first-order valence-corrected chi connectivity index (χ1v) is 8.18. The molecule has 1 atom stereocenters. The molecule has 0 saturated heterocycles. The zero-order valence-electron chi connectivity index (χ0n) is 14.8. The molecule has 0 saturated carbocycles. The monoisotopic (exact) mass is 352 g/mol. The Bertz CT molecular complexity index is 1010. The molecule has 3 rings (SSSR count). The lowest BCUT2D eigenvalue weighted by Crippen LogP contribution is -2.28. The molecule has 2 aromatic carbocycles. The second-order valence-electron chi connectivity index (χ2n) is 5.88. The first-order chi connectivity index (χ1) is 12.5. The molecule has 6 heteroatoms. The van der Waals surface area contributed by atoms with E-state index in [9.17, 15) is 9.59 Å². The summed E-state index contributed by atoms with van der Waals surface area (Å²) in [6.45, 7) is 1.86. The van der Waals surface area contributed by atoms with E-state index in [1.165, 1.54) is 6.20 Å². The van der Waals surface area contributed by atoms with Gasteiger partial charge in [-0.15, -0.1) is 0 Å². The van der Waals surface area contributed by atoms with Gasteiger partial charge in [0.25, 0.3) is 11.5 Å². The summed E-state index contributed by atoms with van der Waals surface area (Å²) in [4.78, 5) is 27.4. The minimum Gasteiger partial charge on any atom is -0.497 e. The summed E-state index contributed by atoms with van der Waals surface area (Å²) in [6, 6.07) is 12.1. The second kappa shape index (κ2) is 7.31. The molecule has 2 N–H and O–H groups in total. The minimum atomic E-state index is -0.321. The van der Waals surface area contributed by atoms with Gasteiger partial charge in [0.05, 0.1) is 25.8 Å². The third kappa shape index (κ3) is 3.26. The second-order valence-corrected chi connectivity index (χ2v) is 5.88. The average Bonchev–Trinajstić information content (AvgIpc) is 2.67. The Morgan fingerprint density at radius 1 is 1.08 bits per heavy atom. The standard InChI is InChI=1S/C20H20N2O4/c1-12(16-10-13(25-2)8-9-18(16)26-3)22-20(24)17-11-21-19(23)15-7-5-4-6-14(15)17/h4-12H,1-3H3,(H,21,23)(H,22,24)/t12-/m1/s1. The van der Waals surface area contributed by atoms with E-state index in [1.807, 2.05) is 13.0 Å². The van der Waals surface area contributed by atoms with E-state index >= 15 is 0 Å². The average molecular weight is 352 g/mol. The molecule has 0 fully saturated rings. The molecule has 0 spiro atoms. The molecule has 0 radical (unpaired) electrons. The number of methoxy groups -OCH3 is 2. The highest BCUT2D eigenvalue weighted by molar-refractivity contribution is 6.06. The fourth-order valence-corrected chi connectivity index (χ4v) is 2.93. The van der Waals surface area contributed by atoms with Crippen LogP contribution in [0.15, 0.2) is 53.5 Å². The van der Waals surface area contributed by atoms with Crippen LogP contribution in [0.25, 0.3) is 10.8 Å². The molecule has 26 heavy (non-hydrogen) atoms. The topological polar surface area (TPSA) is 80.4 Å². The third-order valence-corrected chi connectivity index (χ3v) is 4.31. The van der Waals surface area contributed by atoms with Gasteiger partial charge in [-0.05, 0) is 31.2 Å². The number of pyridine rings is 1. The summed E-state index contributed by atoms with van der Waals surface area (Å²) in [7, 11) is 3.16. The van der Waals surface area contributed by atoms with E-state index in [0.717, 1.165) is 5.56 Å². The van der Waals surface area contributed by atoms with Crippen molar-refractivity contribution in [3.63, 3.8) is 0 Å². The summed E-state index contributed by atoms with van der Waals surface area (Å²) in [5.74, 6) is 1.05. The smallest absolute Gasteiger partial charge is 0.255 e. The number of hydrogen-bond donors (Lipinski definition) is 2. The number of carbonyl (C=O) groups is 1. The van der Waals surface area contributed by atoms with Gasteiger partial charge >= 0.3 is 0 Å². The van der Waals surface area contributed by atoms with Gasteiger partial charge in [-0.2, -0.15) is 0 Å². The predicted octanol–water partition coefficient (Wildman–Crippen LogP) is 3.04. The SMILES string of the molecule is COc1ccc(OC)c([C@@H](C)NC(=O)c2c[nH]c(=O)c3ccccc23)c1. The molecule has 1 amide bonds. The van der Waals surface area contributed by atoms with Crippen LogP contribution in [0.3, 0.4) is 0 Å². The normalized spacial score (nSPS) is 11.8. The molecule has 0 aliphatic carbocycles. The van der Waals surface area contributed by atoms with E-state index in [0.29, 0.717) is 27.8 Å². The lowest BCUT2D eigenvalue weighted by atomic mass is 10.0. The van der Waals surface area contributed by atoms with Crippen LogP contribution in [0.5, 0.6) is 11.5 Å². The summed E-state index contributed by atoms with van der Waals surface area (Å²) >= 11 is 0. The Labute approximate surface area is 150 Å². The van der Waals surface area contributed by atoms with Crippen molar-refractivity contribution in [2.75, 3.05) is 14.2 Å². The van der Waals surface area contributed by atoms with Crippen LogP contribution in [0.2, 0.25) is 0 Å². The Morgan fingerprint density at radius 2 is 1.81 bits per heavy atom. The number of H-pyrrole nitrogens is 1. The van der Waals surface area contributed by atoms with Crippen molar-refractivity contribution < 1.29 is 14.3 Å². The zero-order chi connectivity index (χ0) is 18.7. The van der Waals surface area contributed by atoms with Crippen LogP contribution in [0, 0.1) is 0 Å². The predicted molar refractivity (Wildman–Crippen MR) is 100.0 cm³/mol. The lowest BCUT2D eigenvalue weighted by molar-refractivity contribution is 0.0940. The number of fused-ring (bicyclic) bond motifs is 1. The van der Waals surface area contributed by atoms with E-state index in [4.69, 9.17) is 9.47 Å². The molecule has 1 heterocycles. The number of amides is 1. The first kappa shape index (κ1) is 17.5. The highest BCUT2D eigenvalue weighted by atomic mass is 16.5. The molecule has 0 bridgehead atoms. The molecule has 0 aliphatic heterocycles. The van der Waals surface area contributed by atoms with Gasteiger partial charge in [-0.25, -0.2) is 0 Å². The number of nitrogens with one attached hydrogen (secondary N) is 2. The minimum absolute atomic E-state index is 0.223. The maximum absolute atomic E-state index is 12.8. The van der Waals surface area contributed by atoms with Crippen LogP contribution in [0.4, 0.5) is 0 Å². The molecule has 0 unspecified atom stereocenters. The molecule has 134 valence electrons. The number of aromatic amines is 1. The number of hydrogen-bond acceptors (Lipinski definition) is 4. The van der Waals surface area contributed by atoms with Gasteiger partial charge < -0.3 is 19.8 Å². The summed E-state index contributed by atoms with van der Waals surface area (Å²) < 4.78 is 10.6. The van der Waals surface area contributed by atoms with Crippen LogP contribution >= 0.6 is 0 Å². The number of carbonyl (C=O) groups excluding carboxylic acids is 1.